The van der Waals surface area contributed by atoms with Crippen molar-refractivity contribution in [3.8, 4) is 11.4 Å². The van der Waals surface area contributed by atoms with Gasteiger partial charge in [-0.15, -0.1) is 0 Å². The molecule has 0 N–H and O–H groups in total. The largest absolute Gasteiger partial charge is 0.332 e. The van der Waals surface area contributed by atoms with Gasteiger partial charge in [0.05, 0.1) is 0 Å². The zero-order valence-corrected chi connectivity index (χ0v) is 10.3. The van der Waals surface area contributed by atoms with Crippen molar-refractivity contribution in [1.29, 1.82) is 0 Å². The molecule has 0 amide bonds. The van der Waals surface area contributed by atoms with Crippen molar-refractivity contribution >= 4 is 10.8 Å². The number of hydrogen-bond donors (Lipinski definition) is 0. The molecule has 1 aliphatic heterocycles. The van der Waals surface area contributed by atoms with Crippen LogP contribution in [0.2, 0.25) is 0 Å². The molecule has 2 aromatic carbocycles. The first-order valence-electron chi connectivity index (χ1n) is 6.41. The van der Waals surface area contributed by atoms with Gasteiger partial charge >= 0.3 is 0 Å². The van der Waals surface area contributed by atoms with Gasteiger partial charge in [-0.3, -0.25) is 4.79 Å². The summed E-state index contributed by atoms with van der Waals surface area (Å²) in [7, 11) is 0. The van der Waals surface area contributed by atoms with Crippen LogP contribution in [0.3, 0.4) is 0 Å². The molecule has 3 nitrogen and oxygen atoms in total. The van der Waals surface area contributed by atoms with E-state index in [1.54, 1.807) is 0 Å². The second-order valence-corrected chi connectivity index (χ2v) is 4.85. The first-order chi connectivity index (χ1) is 9.33. The Balaban J connectivity index is 2.10. The van der Waals surface area contributed by atoms with Gasteiger partial charge in [0.2, 0.25) is 0 Å². The summed E-state index contributed by atoms with van der Waals surface area (Å²) in [5, 5.41) is 2.51. The lowest BCUT2D eigenvalue weighted by Crippen LogP contribution is -2.19. The van der Waals surface area contributed by atoms with Gasteiger partial charge in [-0.05, 0) is 22.8 Å². The average Bonchev–Trinajstić information content (AvgIpc) is 2.46. The minimum Gasteiger partial charge on any atom is -0.332 e. The molecule has 0 radical (unpaired) electrons. The number of aromatic nitrogens is 2. The van der Waals surface area contributed by atoms with Crippen molar-refractivity contribution in [1.82, 2.24) is 9.55 Å². The molecular weight excluding hydrogens is 236 g/mol. The Bertz CT molecular complexity index is 849. The number of aryl methyl sites for hydroxylation is 2. The van der Waals surface area contributed by atoms with E-state index in [4.69, 9.17) is 0 Å². The first-order valence-corrected chi connectivity index (χ1v) is 6.41. The highest BCUT2D eigenvalue weighted by atomic mass is 16.1. The molecule has 0 saturated carbocycles. The maximum Gasteiger partial charge on any atom is 0.273 e. The van der Waals surface area contributed by atoms with Crippen molar-refractivity contribution in [3.63, 3.8) is 0 Å². The van der Waals surface area contributed by atoms with Gasteiger partial charge in [-0.1, -0.05) is 36.4 Å². The Morgan fingerprint density at radius 1 is 1.05 bits per heavy atom. The molecule has 3 heteroatoms. The van der Waals surface area contributed by atoms with Crippen LogP contribution in [-0.4, -0.2) is 9.55 Å². The Kier molecular flexibility index (Phi) is 2.09. The van der Waals surface area contributed by atoms with Gasteiger partial charge in [-0.25, -0.2) is 0 Å². The maximum atomic E-state index is 11.5. The summed E-state index contributed by atoms with van der Waals surface area (Å²) in [6, 6.07) is 14.1. The van der Waals surface area contributed by atoms with Crippen LogP contribution in [0.25, 0.3) is 22.2 Å². The Labute approximate surface area is 110 Å². The zero-order valence-electron chi connectivity index (χ0n) is 10.3. The van der Waals surface area contributed by atoms with Gasteiger partial charge in [0, 0.05) is 24.4 Å². The zero-order chi connectivity index (χ0) is 12.8. The predicted molar refractivity (Wildman–Crippen MR) is 75.1 cm³/mol. The van der Waals surface area contributed by atoms with Gasteiger partial charge in [-0.2, -0.15) is 4.98 Å². The second-order valence-electron chi connectivity index (χ2n) is 4.85. The van der Waals surface area contributed by atoms with Gasteiger partial charge in [0.15, 0.2) is 0 Å². The van der Waals surface area contributed by atoms with E-state index in [1.165, 1.54) is 22.4 Å². The lowest BCUT2D eigenvalue weighted by molar-refractivity contribution is 0.665. The molecule has 1 aliphatic rings. The molecule has 92 valence electrons. The van der Waals surface area contributed by atoms with Crippen LogP contribution in [0.1, 0.15) is 5.56 Å². The molecule has 0 saturated heterocycles. The second kappa shape index (κ2) is 3.79. The molecule has 19 heavy (non-hydrogen) atoms. The fraction of sp³-hybridized carbons (Fsp3) is 0.125. The summed E-state index contributed by atoms with van der Waals surface area (Å²) in [5.74, 6) is 0.791. The summed E-state index contributed by atoms with van der Waals surface area (Å²) in [5.41, 5.74) is 2.21. The molecule has 0 aliphatic carbocycles. The molecule has 0 atom stereocenters. The van der Waals surface area contributed by atoms with Gasteiger partial charge in [0.1, 0.15) is 5.82 Å². The van der Waals surface area contributed by atoms with Crippen LogP contribution >= 0.6 is 0 Å². The first kappa shape index (κ1) is 10.5. The summed E-state index contributed by atoms with van der Waals surface area (Å²) < 4.78 is 2.05. The topological polar surface area (TPSA) is 34.9 Å². The fourth-order valence-electron chi connectivity index (χ4n) is 2.87. The van der Waals surface area contributed by atoms with Gasteiger partial charge < -0.3 is 4.57 Å². The van der Waals surface area contributed by atoms with Crippen molar-refractivity contribution < 1.29 is 0 Å². The van der Waals surface area contributed by atoms with E-state index in [2.05, 4.69) is 39.9 Å². The summed E-state index contributed by atoms with van der Waals surface area (Å²) in [6.45, 7) is 0.879. The summed E-state index contributed by atoms with van der Waals surface area (Å²) >= 11 is 0. The SMILES string of the molecule is O=c1ccn2c(n1)-c1ccc3ccccc3c1CC2. The monoisotopic (exact) mass is 248 g/mol. The third-order valence-electron chi connectivity index (χ3n) is 3.77. The van der Waals surface area contributed by atoms with E-state index in [0.29, 0.717) is 0 Å². The van der Waals surface area contributed by atoms with E-state index in [9.17, 15) is 4.79 Å². The Morgan fingerprint density at radius 3 is 2.89 bits per heavy atom. The number of nitrogens with zero attached hydrogens (tertiary/aromatic N) is 2. The molecule has 4 rings (SSSR count). The lowest BCUT2D eigenvalue weighted by atomic mass is 9.94. The minimum absolute atomic E-state index is 0.174. The Hall–Kier alpha value is -2.42. The highest BCUT2D eigenvalue weighted by Gasteiger charge is 2.18. The molecule has 0 spiro atoms. The van der Waals surface area contributed by atoms with Crippen LogP contribution < -0.4 is 5.56 Å². The number of hydrogen-bond acceptors (Lipinski definition) is 2. The van der Waals surface area contributed by atoms with Crippen LogP contribution in [-0.2, 0) is 13.0 Å². The van der Waals surface area contributed by atoms with Crippen LogP contribution in [0.15, 0.2) is 53.5 Å². The maximum absolute atomic E-state index is 11.5. The smallest absolute Gasteiger partial charge is 0.273 e. The molecular formula is C16H12N2O. The van der Waals surface area contributed by atoms with Crippen molar-refractivity contribution in [2.24, 2.45) is 0 Å². The molecule has 0 bridgehead atoms. The van der Waals surface area contributed by atoms with Crippen molar-refractivity contribution in [2.75, 3.05) is 0 Å². The van der Waals surface area contributed by atoms with E-state index in [0.717, 1.165) is 24.4 Å². The highest BCUT2D eigenvalue weighted by molar-refractivity contribution is 5.91. The molecule has 0 fully saturated rings. The van der Waals surface area contributed by atoms with Crippen LogP contribution in [0.5, 0.6) is 0 Å². The average molecular weight is 248 g/mol. The van der Waals surface area contributed by atoms with Gasteiger partial charge in [0.25, 0.3) is 5.56 Å². The predicted octanol–water partition coefficient (Wildman–Crippen LogP) is 2.62. The van der Waals surface area contributed by atoms with Crippen molar-refractivity contribution in [2.45, 2.75) is 13.0 Å². The lowest BCUT2D eigenvalue weighted by Gasteiger charge is -2.22. The Morgan fingerprint density at radius 2 is 1.95 bits per heavy atom. The van der Waals surface area contributed by atoms with E-state index < -0.39 is 0 Å². The molecule has 0 unspecified atom stereocenters. The van der Waals surface area contributed by atoms with Crippen LogP contribution in [0.4, 0.5) is 0 Å². The number of fused-ring (bicyclic) bond motifs is 5. The standard InChI is InChI=1S/C16H12N2O/c19-15-8-10-18-9-7-13-12-4-2-1-3-11(12)5-6-14(13)16(18)17-15/h1-6,8,10H,7,9H2. The third-order valence-corrected chi connectivity index (χ3v) is 3.77. The summed E-state index contributed by atoms with van der Waals surface area (Å²) in [4.78, 5) is 15.7. The number of rotatable bonds is 0. The van der Waals surface area contributed by atoms with Crippen LogP contribution in [0, 0.1) is 0 Å². The van der Waals surface area contributed by atoms with E-state index in [-0.39, 0.29) is 5.56 Å². The summed E-state index contributed by atoms with van der Waals surface area (Å²) in [6.07, 6.45) is 2.82. The fourth-order valence-corrected chi connectivity index (χ4v) is 2.87. The van der Waals surface area contributed by atoms with E-state index in [1.807, 2.05) is 12.3 Å². The minimum atomic E-state index is -0.174. The molecule has 2 heterocycles. The quantitative estimate of drug-likeness (QED) is 0.613. The third kappa shape index (κ3) is 1.51. The highest BCUT2D eigenvalue weighted by Crippen LogP contribution is 2.32. The van der Waals surface area contributed by atoms with Crippen molar-refractivity contribution in [3.05, 3.63) is 64.6 Å². The molecule has 3 aromatic rings. The molecule has 1 aromatic heterocycles. The number of benzene rings is 2. The normalized spacial score (nSPS) is 13.1. The van der Waals surface area contributed by atoms with E-state index >= 15 is 0 Å².